The van der Waals surface area contributed by atoms with Crippen LogP contribution < -0.4 is 16.0 Å². The number of amides is 4. The molecule has 2 aliphatic rings. The van der Waals surface area contributed by atoms with Crippen molar-refractivity contribution in [2.75, 3.05) is 26.2 Å². The maximum atomic E-state index is 11.9. The van der Waals surface area contributed by atoms with Gasteiger partial charge in [0.2, 0.25) is 5.91 Å². The number of hydrogen-bond acceptors (Lipinski definition) is 4. The fourth-order valence-electron chi connectivity index (χ4n) is 2.32. The van der Waals surface area contributed by atoms with Crippen LogP contribution in [0, 0.1) is 0 Å². The van der Waals surface area contributed by atoms with Crippen LogP contribution in [0.2, 0.25) is 0 Å². The molecule has 2 heterocycles. The van der Waals surface area contributed by atoms with Gasteiger partial charge in [-0.05, 0) is 19.4 Å². The molecular formula is C11H18N4O3. The van der Waals surface area contributed by atoms with Crippen LogP contribution in [0.4, 0.5) is 4.79 Å². The summed E-state index contributed by atoms with van der Waals surface area (Å²) < 4.78 is 0. The molecule has 2 fully saturated rings. The van der Waals surface area contributed by atoms with Gasteiger partial charge in [-0.2, -0.15) is 0 Å². The van der Waals surface area contributed by atoms with Gasteiger partial charge in [0.1, 0.15) is 5.54 Å². The molecule has 2 aliphatic heterocycles. The minimum Gasteiger partial charge on any atom is -0.339 e. The van der Waals surface area contributed by atoms with Crippen LogP contribution in [0.25, 0.3) is 0 Å². The predicted molar refractivity (Wildman–Crippen MR) is 63.8 cm³/mol. The van der Waals surface area contributed by atoms with Crippen molar-refractivity contribution in [3.05, 3.63) is 0 Å². The average molecular weight is 254 g/mol. The Hall–Kier alpha value is -1.63. The van der Waals surface area contributed by atoms with Gasteiger partial charge in [-0.3, -0.25) is 14.9 Å². The number of rotatable bonds is 4. The second kappa shape index (κ2) is 4.93. The topological polar surface area (TPSA) is 90.5 Å². The number of nitrogens with zero attached hydrogens (tertiary/aromatic N) is 1. The van der Waals surface area contributed by atoms with Gasteiger partial charge in [-0.15, -0.1) is 0 Å². The predicted octanol–water partition coefficient (Wildman–Crippen LogP) is -1.20. The second-order valence-electron chi connectivity index (χ2n) is 4.73. The van der Waals surface area contributed by atoms with Crippen molar-refractivity contribution in [3.63, 3.8) is 0 Å². The van der Waals surface area contributed by atoms with Crippen LogP contribution in [0.3, 0.4) is 0 Å². The molecule has 0 aromatic heterocycles. The lowest BCUT2D eigenvalue weighted by molar-refractivity contribution is -0.129. The molecule has 0 aromatic rings. The minimum absolute atomic E-state index is 0.0331. The number of imide groups is 1. The first-order valence-electron chi connectivity index (χ1n) is 6.19. The molecule has 2 saturated heterocycles. The molecule has 1 spiro atoms. The fraction of sp³-hybridized carbons (Fsp3) is 0.727. The Bertz CT molecular complexity index is 384. The summed E-state index contributed by atoms with van der Waals surface area (Å²) in [5.41, 5.74) is -0.905. The smallest absolute Gasteiger partial charge is 0.322 e. The Kier molecular flexibility index (Phi) is 3.51. The van der Waals surface area contributed by atoms with E-state index in [-0.39, 0.29) is 24.9 Å². The van der Waals surface area contributed by atoms with E-state index in [2.05, 4.69) is 16.0 Å². The summed E-state index contributed by atoms with van der Waals surface area (Å²) in [7, 11) is 0. The zero-order valence-electron chi connectivity index (χ0n) is 10.4. The van der Waals surface area contributed by atoms with E-state index in [1.165, 1.54) is 0 Å². The summed E-state index contributed by atoms with van der Waals surface area (Å²) in [5, 5.41) is 7.87. The van der Waals surface area contributed by atoms with E-state index in [1.54, 1.807) is 4.90 Å². The minimum atomic E-state index is -0.905. The summed E-state index contributed by atoms with van der Waals surface area (Å²) in [6.45, 7) is 3.86. The molecular weight excluding hydrogens is 236 g/mol. The SMILES string of the molecule is CCCNCC(=O)N1CCC2(C1)NC(=O)NC2=O. The largest absolute Gasteiger partial charge is 0.339 e. The van der Waals surface area contributed by atoms with Crippen LogP contribution >= 0.6 is 0 Å². The van der Waals surface area contributed by atoms with Crippen LogP contribution in [0.5, 0.6) is 0 Å². The van der Waals surface area contributed by atoms with Crippen molar-refractivity contribution in [1.29, 1.82) is 0 Å². The Morgan fingerprint density at radius 1 is 1.50 bits per heavy atom. The molecule has 2 rings (SSSR count). The molecule has 7 heteroatoms. The maximum absolute atomic E-state index is 11.9. The van der Waals surface area contributed by atoms with Crippen LogP contribution in [-0.4, -0.2) is 54.5 Å². The van der Waals surface area contributed by atoms with Gasteiger partial charge in [0.05, 0.1) is 13.1 Å². The van der Waals surface area contributed by atoms with E-state index < -0.39 is 11.6 Å². The molecule has 100 valence electrons. The number of carbonyl (C=O) groups is 3. The molecule has 0 aromatic carbocycles. The molecule has 0 radical (unpaired) electrons. The standard InChI is InChI=1S/C11H18N4O3/c1-2-4-12-6-8(16)15-5-3-11(7-15)9(17)13-10(18)14-11/h12H,2-7H2,1H3,(H2,13,14,17,18). The lowest BCUT2D eigenvalue weighted by Crippen LogP contribution is -2.50. The van der Waals surface area contributed by atoms with Crippen molar-refractivity contribution in [3.8, 4) is 0 Å². The van der Waals surface area contributed by atoms with Crippen LogP contribution in [0.15, 0.2) is 0 Å². The third-order valence-electron chi connectivity index (χ3n) is 3.34. The number of hydrogen-bond donors (Lipinski definition) is 3. The van der Waals surface area contributed by atoms with E-state index in [0.29, 0.717) is 13.0 Å². The van der Waals surface area contributed by atoms with Gasteiger partial charge < -0.3 is 15.5 Å². The molecule has 0 bridgehead atoms. The van der Waals surface area contributed by atoms with Gasteiger partial charge in [0.25, 0.3) is 5.91 Å². The van der Waals surface area contributed by atoms with E-state index in [4.69, 9.17) is 0 Å². The van der Waals surface area contributed by atoms with Crippen LogP contribution in [-0.2, 0) is 9.59 Å². The normalized spacial score (nSPS) is 26.6. The molecule has 0 aliphatic carbocycles. The van der Waals surface area contributed by atoms with Crippen molar-refractivity contribution < 1.29 is 14.4 Å². The molecule has 3 N–H and O–H groups in total. The molecule has 7 nitrogen and oxygen atoms in total. The second-order valence-corrected chi connectivity index (χ2v) is 4.73. The first-order chi connectivity index (χ1) is 8.57. The van der Waals surface area contributed by atoms with E-state index in [9.17, 15) is 14.4 Å². The van der Waals surface area contributed by atoms with E-state index >= 15 is 0 Å². The first-order valence-corrected chi connectivity index (χ1v) is 6.19. The summed E-state index contributed by atoms with van der Waals surface area (Å²) >= 11 is 0. The molecule has 0 saturated carbocycles. The van der Waals surface area contributed by atoms with E-state index in [1.807, 2.05) is 6.92 Å². The monoisotopic (exact) mass is 254 g/mol. The maximum Gasteiger partial charge on any atom is 0.322 e. The van der Waals surface area contributed by atoms with Gasteiger partial charge >= 0.3 is 6.03 Å². The van der Waals surface area contributed by atoms with Crippen molar-refractivity contribution in [2.24, 2.45) is 0 Å². The fourth-order valence-corrected chi connectivity index (χ4v) is 2.32. The van der Waals surface area contributed by atoms with Gasteiger partial charge in [-0.25, -0.2) is 4.79 Å². The molecule has 1 unspecified atom stereocenters. The number of urea groups is 1. The molecule has 1 atom stereocenters. The molecule has 18 heavy (non-hydrogen) atoms. The highest BCUT2D eigenvalue weighted by Crippen LogP contribution is 2.24. The van der Waals surface area contributed by atoms with Gasteiger partial charge in [-0.1, -0.05) is 6.92 Å². The first kappa shape index (κ1) is 12.8. The zero-order chi connectivity index (χ0) is 13.2. The lowest BCUT2D eigenvalue weighted by atomic mass is 10.00. The highest BCUT2D eigenvalue weighted by Gasteiger charge is 2.51. The zero-order valence-corrected chi connectivity index (χ0v) is 10.4. The quantitative estimate of drug-likeness (QED) is 0.434. The Morgan fingerprint density at radius 2 is 2.28 bits per heavy atom. The van der Waals surface area contributed by atoms with Crippen LogP contribution in [0.1, 0.15) is 19.8 Å². The van der Waals surface area contributed by atoms with Crippen molar-refractivity contribution in [2.45, 2.75) is 25.3 Å². The third kappa shape index (κ3) is 2.31. The summed E-state index contributed by atoms with van der Waals surface area (Å²) in [5.74, 6) is -0.362. The van der Waals surface area contributed by atoms with Gasteiger partial charge in [0.15, 0.2) is 0 Å². The van der Waals surface area contributed by atoms with Crippen molar-refractivity contribution in [1.82, 2.24) is 20.9 Å². The summed E-state index contributed by atoms with van der Waals surface area (Å²) in [6, 6.07) is -0.474. The third-order valence-corrected chi connectivity index (χ3v) is 3.34. The lowest BCUT2D eigenvalue weighted by Gasteiger charge is -2.21. The Morgan fingerprint density at radius 3 is 2.89 bits per heavy atom. The Balaban J connectivity index is 1.90. The summed E-state index contributed by atoms with van der Waals surface area (Å²) in [4.78, 5) is 36.3. The Labute approximate surface area is 105 Å². The van der Waals surface area contributed by atoms with E-state index in [0.717, 1.165) is 13.0 Å². The number of carbonyl (C=O) groups excluding carboxylic acids is 3. The van der Waals surface area contributed by atoms with Gasteiger partial charge in [0, 0.05) is 6.54 Å². The molecule has 4 amide bonds. The highest BCUT2D eigenvalue weighted by molar-refractivity contribution is 6.07. The average Bonchev–Trinajstić information content (AvgIpc) is 2.85. The van der Waals surface area contributed by atoms with Crippen molar-refractivity contribution >= 4 is 17.8 Å². The number of likely N-dealkylation sites (tertiary alicyclic amines) is 1. The number of nitrogens with one attached hydrogen (secondary N) is 3. The highest BCUT2D eigenvalue weighted by atomic mass is 16.2. The summed E-state index contributed by atoms with van der Waals surface area (Å²) in [6.07, 6.45) is 1.44.